The summed E-state index contributed by atoms with van der Waals surface area (Å²) in [5.74, 6) is 7.48. The van der Waals surface area contributed by atoms with Gasteiger partial charge in [-0.1, -0.05) is 44.7 Å². The number of likely N-dealkylation sites (tertiary alicyclic amines) is 1. The molecule has 1 aromatic heterocycles. The molecule has 2 N–H and O–H groups in total. The van der Waals surface area contributed by atoms with Gasteiger partial charge in [-0.2, -0.15) is 4.31 Å². The highest BCUT2D eigenvalue weighted by atomic mass is 32.2. The number of hydrogen-bond donors (Lipinski definition) is 1. The number of nitrogen functional groups attached to an aromatic ring is 1. The van der Waals surface area contributed by atoms with Crippen LogP contribution in [0.5, 0.6) is 0 Å². The predicted octanol–water partition coefficient (Wildman–Crippen LogP) is 2.04. The number of thioether (sulfide) groups is 1. The normalized spacial score (nSPS) is 15.5. The summed E-state index contributed by atoms with van der Waals surface area (Å²) in [4.78, 5) is 14.5. The molecule has 0 spiro atoms. The number of sulfonamides is 1. The minimum absolute atomic E-state index is 0.0637. The van der Waals surface area contributed by atoms with Gasteiger partial charge < -0.3 is 10.7 Å². The number of rotatable bonds is 8. The van der Waals surface area contributed by atoms with Gasteiger partial charge in [0.2, 0.25) is 21.1 Å². The van der Waals surface area contributed by atoms with Gasteiger partial charge in [-0.3, -0.25) is 4.79 Å². The van der Waals surface area contributed by atoms with Crippen molar-refractivity contribution in [2.75, 3.05) is 37.8 Å². The Morgan fingerprint density at radius 1 is 1.23 bits per heavy atom. The van der Waals surface area contributed by atoms with E-state index in [0.29, 0.717) is 35.6 Å². The van der Waals surface area contributed by atoms with Crippen LogP contribution < -0.4 is 5.84 Å². The van der Waals surface area contributed by atoms with Crippen molar-refractivity contribution in [3.63, 3.8) is 0 Å². The van der Waals surface area contributed by atoms with Gasteiger partial charge in [0.25, 0.3) is 0 Å². The van der Waals surface area contributed by atoms with E-state index < -0.39 is 10.0 Å². The van der Waals surface area contributed by atoms with Gasteiger partial charge in [0, 0.05) is 31.7 Å². The fourth-order valence-electron chi connectivity index (χ4n) is 3.56. The molecule has 1 aliphatic heterocycles. The van der Waals surface area contributed by atoms with Crippen molar-refractivity contribution in [2.24, 2.45) is 5.92 Å². The van der Waals surface area contributed by atoms with E-state index in [4.69, 9.17) is 5.84 Å². The first-order valence-corrected chi connectivity index (χ1v) is 12.9. The highest BCUT2D eigenvalue weighted by molar-refractivity contribution is 7.99. The molecular formula is C20H30N6O3S2. The average molecular weight is 467 g/mol. The summed E-state index contributed by atoms with van der Waals surface area (Å²) >= 11 is 1.23. The lowest BCUT2D eigenvalue weighted by atomic mass is 9.99. The van der Waals surface area contributed by atoms with E-state index in [1.54, 1.807) is 38.1 Å². The summed E-state index contributed by atoms with van der Waals surface area (Å²) in [6.45, 7) is 8.16. The maximum absolute atomic E-state index is 12.8. The average Bonchev–Trinajstić information content (AvgIpc) is 3.13. The second-order valence-corrected chi connectivity index (χ2v) is 10.5. The number of aromatic nitrogens is 3. The summed E-state index contributed by atoms with van der Waals surface area (Å²) < 4.78 is 28.3. The van der Waals surface area contributed by atoms with Gasteiger partial charge >= 0.3 is 0 Å². The van der Waals surface area contributed by atoms with Crippen LogP contribution in [-0.4, -0.2) is 70.3 Å². The minimum Gasteiger partial charge on any atom is -0.342 e. The second kappa shape index (κ2) is 10.0. The second-order valence-electron chi connectivity index (χ2n) is 7.65. The van der Waals surface area contributed by atoms with Gasteiger partial charge in [-0.15, -0.1) is 10.2 Å². The van der Waals surface area contributed by atoms with E-state index in [1.165, 1.54) is 20.7 Å². The molecular weight excluding hydrogens is 436 g/mol. The molecule has 9 nitrogen and oxygen atoms in total. The fourth-order valence-corrected chi connectivity index (χ4v) is 5.82. The number of piperidine rings is 1. The Morgan fingerprint density at radius 2 is 1.90 bits per heavy atom. The number of nitrogens with zero attached hydrogens (tertiary/aromatic N) is 5. The monoisotopic (exact) mass is 466 g/mol. The molecule has 2 aromatic rings. The highest BCUT2D eigenvalue weighted by Gasteiger charge is 2.24. The van der Waals surface area contributed by atoms with E-state index in [9.17, 15) is 13.2 Å². The van der Waals surface area contributed by atoms with E-state index in [0.717, 1.165) is 25.9 Å². The lowest BCUT2D eigenvalue weighted by molar-refractivity contribution is -0.129. The number of carbonyl (C=O) groups is 1. The van der Waals surface area contributed by atoms with Crippen LogP contribution in [-0.2, 0) is 14.8 Å². The first-order valence-electron chi connectivity index (χ1n) is 10.5. The molecule has 1 aromatic carbocycles. The Balaban J connectivity index is 1.74. The molecule has 1 saturated heterocycles. The van der Waals surface area contributed by atoms with Crippen LogP contribution in [0.25, 0.3) is 11.4 Å². The van der Waals surface area contributed by atoms with Crippen LogP contribution in [0.15, 0.2) is 34.3 Å². The van der Waals surface area contributed by atoms with E-state index >= 15 is 0 Å². The standard InChI is InChI=1S/C20H30N6O3S2/c1-4-25(5-2)31(28,29)17-8-6-7-16(13-17)19-22-23-20(26(19)21)30-14-18(27)24-11-9-15(3)10-12-24/h6-8,13,15H,4-5,9-12,14,21H2,1-3H3. The quantitative estimate of drug-likeness (QED) is 0.468. The maximum Gasteiger partial charge on any atom is 0.243 e. The number of nitrogens with two attached hydrogens (primary N) is 1. The van der Waals surface area contributed by atoms with Gasteiger partial charge in [0.1, 0.15) is 0 Å². The third-order valence-corrected chi connectivity index (χ3v) is 8.53. The smallest absolute Gasteiger partial charge is 0.243 e. The molecule has 170 valence electrons. The molecule has 0 aliphatic carbocycles. The lowest BCUT2D eigenvalue weighted by Crippen LogP contribution is -2.39. The molecule has 0 bridgehead atoms. The Labute approximate surface area is 188 Å². The van der Waals surface area contributed by atoms with Crippen molar-refractivity contribution < 1.29 is 13.2 Å². The lowest BCUT2D eigenvalue weighted by Gasteiger charge is -2.30. The molecule has 0 unspecified atom stereocenters. The SMILES string of the molecule is CCN(CC)S(=O)(=O)c1cccc(-c2nnc(SCC(=O)N3CCC(C)CC3)n2N)c1. The van der Waals surface area contributed by atoms with Crippen LogP contribution in [0.3, 0.4) is 0 Å². The summed E-state index contributed by atoms with van der Waals surface area (Å²) in [5, 5.41) is 8.64. The zero-order chi connectivity index (χ0) is 22.6. The number of carbonyl (C=O) groups excluding carboxylic acids is 1. The molecule has 1 fully saturated rings. The first kappa shape index (κ1) is 23.6. The fraction of sp³-hybridized carbons (Fsp3) is 0.550. The summed E-state index contributed by atoms with van der Waals surface area (Å²) in [7, 11) is -3.60. The molecule has 0 saturated carbocycles. The van der Waals surface area contributed by atoms with Crippen molar-refractivity contribution in [3.05, 3.63) is 24.3 Å². The van der Waals surface area contributed by atoms with Crippen LogP contribution in [0.2, 0.25) is 0 Å². The van der Waals surface area contributed by atoms with Crippen molar-refractivity contribution in [2.45, 2.75) is 43.7 Å². The van der Waals surface area contributed by atoms with Crippen molar-refractivity contribution in [1.82, 2.24) is 24.1 Å². The van der Waals surface area contributed by atoms with Crippen molar-refractivity contribution in [1.29, 1.82) is 0 Å². The largest absolute Gasteiger partial charge is 0.342 e. The maximum atomic E-state index is 12.8. The van der Waals surface area contributed by atoms with Crippen LogP contribution in [0, 0.1) is 5.92 Å². The van der Waals surface area contributed by atoms with Crippen LogP contribution in [0.1, 0.15) is 33.6 Å². The van der Waals surface area contributed by atoms with Crippen LogP contribution in [0.4, 0.5) is 0 Å². The third-order valence-electron chi connectivity index (χ3n) is 5.56. The molecule has 0 radical (unpaired) electrons. The zero-order valence-electron chi connectivity index (χ0n) is 18.2. The number of hydrogen-bond acceptors (Lipinski definition) is 7. The summed E-state index contributed by atoms with van der Waals surface area (Å²) in [5.41, 5.74) is 0.548. The Bertz CT molecular complexity index is 1010. The van der Waals surface area contributed by atoms with E-state index in [1.807, 2.05) is 4.90 Å². The molecule has 1 amide bonds. The van der Waals surface area contributed by atoms with Gasteiger partial charge in [0.05, 0.1) is 10.6 Å². The van der Waals surface area contributed by atoms with Gasteiger partial charge in [0.15, 0.2) is 5.82 Å². The minimum atomic E-state index is -3.60. The molecule has 3 rings (SSSR count). The number of amides is 1. The Kier molecular flexibility index (Phi) is 7.60. The topological polar surface area (TPSA) is 114 Å². The predicted molar refractivity (Wildman–Crippen MR) is 121 cm³/mol. The molecule has 0 atom stereocenters. The van der Waals surface area contributed by atoms with E-state index in [-0.39, 0.29) is 16.6 Å². The Hall–Kier alpha value is -2.11. The van der Waals surface area contributed by atoms with Gasteiger partial charge in [-0.05, 0) is 30.9 Å². The van der Waals surface area contributed by atoms with Crippen LogP contribution >= 0.6 is 11.8 Å². The van der Waals surface area contributed by atoms with Crippen molar-refractivity contribution >= 4 is 27.7 Å². The third kappa shape index (κ3) is 5.21. The molecule has 2 heterocycles. The zero-order valence-corrected chi connectivity index (χ0v) is 19.8. The first-order chi connectivity index (χ1) is 14.8. The van der Waals surface area contributed by atoms with Crippen molar-refractivity contribution in [3.8, 4) is 11.4 Å². The number of benzene rings is 1. The van der Waals surface area contributed by atoms with E-state index in [2.05, 4.69) is 17.1 Å². The highest BCUT2D eigenvalue weighted by Crippen LogP contribution is 2.26. The molecule has 31 heavy (non-hydrogen) atoms. The summed E-state index contributed by atoms with van der Waals surface area (Å²) in [6.07, 6.45) is 2.06. The molecule has 1 aliphatic rings. The molecule has 11 heteroatoms. The Morgan fingerprint density at radius 3 is 2.55 bits per heavy atom. The van der Waals surface area contributed by atoms with Gasteiger partial charge in [-0.25, -0.2) is 13.1 Å². The summed E-state index contributed by atoms with van der Waals surface area (Å²) in [6, 6.07) is 6.51.